The summed E-state index contributed by atoms with van der Waals surface area (Å²) in [5.41, 5.74) is 1.79. The summed E-state index contributed by atoms with van der Waals surface area (Å²) in [6.07, 6.45) is 0. The van der Waals surface area contributed by atoms with Gasteiger partial charge < -0.3 is 14.8 Å². The molecule has 0 saturated heterocycles. The van der Waals surface area contributed by atoms with E-state index in [2.05, 4.69) is 15.5 Å². The number of anilines is 2. The summed E-state index contributed by atoms with van der Waals surface area (Å²) in [5.74, 6) is 2.18. The molecule has 24 heavy (non-hydrogen) atoms. The molecule has 124 valence electrons. The van der Waals surface area contributed by atoms with Crippen LogP contribution in [0.1, 0.15) is 19.5 Å². The van der Waals surface area contributed by atoms with E-state index in [-0.39, 0.29) is 0 Å². The maximum atomic E-state index is 5.67. The maximum absolute atomic E-state index is 5.67. The lowest BCUT2D eigenvalue weighted by Crippen LogP contribution is -2.01. The third-order valence-corrected chi connectivity index (χ3v) is 3.68. The highest BCUT2D eigenvalue weighted by molar-refractivity contribution is 5.94. The number of ether oxygens (including phenoxy) is 2. The van der Waals surface area contributed by atoms with Crippen molar-refractivity contribution in [2.24, 2.45) is 0 Å². The van der Waals surface area contributed by atoms with Gasteiger partial charge in [0.25, 0.3) is 0 Å². The van der Waals surface area contributed by atoms with Crippen molar-refractivity contribution in [3.63, 3.8) is 0 Å². The average Bonchev–Trinajstić information content (AvgIpc) is 2.60. The summed E-state index contributed by atoms with van der Waals surface area (Å²) in [6.45, 7) is 7.05. The highest BCUT2D eigenvalue weighted by atomic mass is 16.5. The van der Waals surface area contributed by atoms with Gasteiger partial charge in [-0.25, -0.2) is 0 Å². The molecule has 0 aliphatic rings. The van der Waals surface area contributed by atoms with Crippen molar-refractivity contribution in [3.05, 3.63) is 48.2 Å². The monoisotopic (exact) mass is 323 g/mol. The lowest BCUT2D eigenvalue weighted by atomic mass is 10.1. The second kappa shape index (κ2) is 7.17. The summed E-state index contributed by atoms with van der Waals surface area (Å²) in [4.78, 5) is 0. The van der Waals surface area contributed by atoms with Crippen LogP contribution in [0.4, 0.5) is 11.5 Å². The minimum atomic E-state index is 0.580. The van der Waals surface area contributed by atoms with Gasteiger partial charge in [0.1, 0.15) is 0 Å². The summed E-state index contributed by atoms with van der Waals surface area (Å²) >= 11 is 0. The zero-order valence-electron chi connectivity index (χ0n) is 14.2. The number of hydrogen-bond acceptors (Lipinski definition) is 5. The van der Waals surface area contributed by atoms with Crippen LogP contribution in [0.25, 0.3) is 10.8 Å². The van der Waals surface area contributed by atoms with E-state index in [1.807, 2.05) is 63.2 Å². The normalized spacial score (nSPS) is 10.6. The van der Waals surface area contributed by atoms with E-state index >= 15 is 0 Å². The molecule has 0 spiro atoms. The Labute approximate surface area is 141 Å². The van der Waals surface area contributed by atoms with Gasteiger partial charge in [0.15, 0.2) is 17.3 Å². The molecule has 2 aromatic carbocycles. The van der Waals surface area contributed by atoms with Gasteiger partial charge in [0.05, 0.1) is 18.9 Å². The molecule has 0 atom stereocenters. The van der Waals surface area contributed by atoms with Gasteiger partial charge in [-0.05, 0) is 32.9 Å². The lowest BCUT2D eigenvalue weighted by Gasteiger charge is -2.14. The fourth-order valence-electron chi connectivity index (χ4n) is 2.60. The second-order valence-electron chi connectivity index (χ2n) is 5.33. The third kappa shape index (κ3) is 3.25. The zero-order valence-corrected chi connectivity index (χ0v) is 14.2. The van der Waals surface area contributed by atoms with Crippen LogP contribution in [0.2, 0.25) is 0 Å². The smallest absolute Gasteiger partial charge is 0.163 e. The molecular formula is C19H21N3O2. The fourth-order valence-corrected chi connectivity index (χ4v) is 2.60. The van der Waals surface area contributed by atoms with E-state index in [0.29, 0.717) is 19.0 Å². The van der Waals surface area contributed by atoms with E-state index in [1.165, 1.54) is 0 Å². The molecule has 0 aliphatic heterocycles. The molecule has 5 heteroatoms. The maximum Gasteiger partial charge on any atom is 0.163 e. The SMILES string of the molecule is CCOc1ccc(Nc2nnc(C)c3ccccc23)cc1OCC. The summed E-state index contributed by atoms with van der Waals surface area (Å²) in [5, 5.41) is 14.0. The summed E-state index contributed by atoms with van der Waals surface area (Å²) in [6, 6.07) is 13.9. The predicted octanol–water partition coefficient (Wildman–Crippen LogP) is 4.48. The molecule has 0 unspecified atom stereocenters. The third-order valence-electron chi connectivity index (χ3n) is 3.68. The molecule has 0 aliphatic carbocycles. The molecule has 0 bridgehead atoms. The number of hydrogen-bond donors (Lipinski definition) is 1. The largest absolute Gasteiger partial charge is 0.490 e. The van der Waals surface area contributed by atoms with Crippen LogP contribution < -0.4 is 14.8 Å². The first kappa shape index (κ1) is 16.1. The molecule has 5 nitrogen and oxygen atoms in total. The van der Waals surface area contributed by atoms with Crippen LogP contribution in [-0.2, 0) is 0 Å². The van der Waals surface area contributed by atoms with E-state index in [9.17, 15) is 0 Å². The number of rotatable bonds is 6. The van der Waals surface area contributed by atoms with E-state index < -0.39 is 0 Å². The van der Waals surface area contributed by atoms with Crippen LogP contribution >= 0.6 is 0 Å². The minimum absolute atomic E-state index is 0.580. The van der Waals surface area contributed by atoms with Crippen LogP contribution in [0, 0.1) is 6.92 Å². The Bertz CT molecular complexity index is 849. The molecule has 1 heterocycles. The summed E-state index contributed by atoms with van der Waals surface area (Å²) in [7, 11) is 0. The van der Waals surface area contributed by atoms with Gasteiger partial charge in [-0.15, -0.1) is 5.10 Å². The van der Waals surface area contributed by atoms with Crippen molar-refractivity contribution in [3.8, 4) is 11.5 Å². The van der Waals surface area contributed by atoms with Crippen LogP contribution in [0.15, 0.2) is 42.5 Å². The highest BCUT2D eigenvalue weighted by Crippen LogP contribution is 2.33. The quantitative estimate of drug-likeness (QED) is 0.725. The Balaban J connectivity index is 1.97. The first-order valence-corrected chi connectivity index (χ1v) is 8.11. The van der Waals surface area contributed by atoms with Crippen LogP contribution in [-0.4, -0.2) is 23.4 Å². The lowest BCUT2D eigenvalue weighted by molar-refractivity contribution is 0.288. The number of nitrogens with zero attached hydrogens (tertiary/aromatic N) is 2. The van der Waals surface area contributed by atoms with Gasteiger partial charge in [-0.2, -0.15) is 5.10 Å². The number of aromatic nitrogens is 2. The van der Waals surface area contributed by atoms with E-state index in [0.717, 1.165) is 33.7 Å². The molecule has 0 saturated carbocycles. The number of nitrogens with one attached hydrogen (secondary N) is 1. The highest BCUT2D eigenvalue weighted by Gasteiger charge is 2.09. The Hall–Kier alpha value is -2.82. The van der Waals surface area contributed by atoms with Crippen LogP contribution in [0.3, 0.4) is 0 Å². The van der Waals surface area contributed by atoms with Crippen molar-refractivity contribution < 1.29 is 9.47 Å². The zero-order chi connectivity index (χ0) is 16.9. The van der Waals surface area contributed by atoms with E-state index in [1.54, 1.807) is 0 Å². The topological polar surface area (TPSA) is 56.3 Å². The van der Waals surface area contributed by atoms with E-state index in [4.69, 9.17) is 9.47 Å². The average molecular weight is 323 g/mol. The Morgan fingerprint density at radius 3 is 2.33 bits per heavy atom. The fraction of sp³-hybridized carbons (Fsp3) is 0.263. The first-order chi connectivity index (χ1) is 11.7. The molecule has 0 fully saturated rings. The summed E-state index contributed by atoms with van der Waals surface area (Å²) < 4.78 is 11.3. The van der Waals surface area contributed by atoms with Crippen molar-refractivity contribution in [2.75, 3.05) is 18.5 Å². The number of fused-ring (bicyclic) bond motifs is 1. The van der Waals surface area contributed by atoms with Crippen molar-refractivity contribution in [1.29, 1.82) is 0 Å². The van der Waals surface area contributed by atoms with Gasteiger partial charge in [-0.3, -0.25) is 0 Å². The van der Waals surface area contributed by atoms with Gasteiger partial charge in [0.2, 0.25) is 0 Å². The van der Waals surface area contributed by atoms with Gasteiger partial charge in [0, 0.05) is 22.5 Å². The first-order valence-electron chi connectivity index (χ1n) is 8.11. The molecule has 3 aromatic rings. The second-order valence-corrected chi connectivity index (χ2v) is 5.33. The van der Waals surface area contributed by atoms with Crippen molar-refractivity contribution in [2.45, 2.75) is 20.8 Å². The Morgan fingerprint density at radius 1 is 0.875 bits per heavy atom. The Kier molecular flexibility index (Phi) is 4.79. The Morgan fingerprint density at radius 2 is 1.58 bits per heavy atom. The molecule has 0 radical (unpaired) electrons. The standard InChI is InChI=1S/C19H21N3O2/c1-4-23-17-11-10-14(12-18(17)24-5-2)20-19-16-9-7-6-8-15(16)13(3)21-22-19/h6-12H,4-5H2,1-3H3,(H,20,22). The molecule has 3 rings (SSSR count). The van der Waals surface area contributed by atoms with Crippen molar-refractivity contribution in [1.82, 2.24) is 10.2 Å². The van der Waals surface area contributed by atoms with Gasteiger partial charge >= 0.3 is 0 Å². The predicted molar refractivity (Wildman–Crippen MR) is 96.3 cm³/mol. The van der Waals surface area contributed by atoms with Gasteiger partial charge in [-0.1, -0.05) is 24.3 Å². The number of benzene rings is 2. The minimum Gasteiger partial charge on any atom is -0.490 e. The molecule has 1 aromatic heterocycles. The molecular weight excluding hydrogens is 302 g/mol. The number of aryl methyl sites for hydroxylation is 1. The van der Waals surface area contributed by atoms with Crippen LogP contribution in [0.5, 0.6) is 11.5 Å². The molecule has 1 N–H and O–H groups in total. The van der Waals surface area contributed by atoms with Crippen molar-refractivity contribution >= 4 is 22.3 Å². The molecule has 0 amide bonds.